The molecule has 32 heavy (non-hydrogen) atoms. The molecule has 0 N–H and O–H groups in total. The van der Waals surface area contributed by atoms with Crippen LogP contribution in [0.2, 0.25) is 0 Å². The van der Waals surface area contributed by atoms with Crippen molar-refractivity contribution in [3.63, 3.8) is 0 Å². The van der Waals surface area contributed by atoms with Crippen molar-refractivity contribution >= 4 is 12.1 Å². The number of carbonyl (C=O) groups excluding carboxylic acids is 2. The van der Waals surface area contributed by atoms with Crippen molar-refractivity contribution < 1.29 is 19.1 Å². The Balaban J connectivity index is 1.50. The number of likely N-dealkylation sites (tertiary alicyclic amines) is 1. The average Bonchev–Trinajstić information content (AvgIpc) is 3.18. The number of aromatic nitrogens is 2. The standard InChI is InChI=1S/C24H32N4O4/c1-3-31-23(29)22-20-17-27(19-10-13-26(14-11-19)24(30)32-4-2)15-12-21(20)28(25-22)16-18-8-6-5-7-9-18/h5-9,19H,3-4,10-17H2,1-2H3. The molecule has 8 nitrogen and oxygen atoms in total. The third kappa shape index (κ3) is 4.80. The van der Waals surface area contributed by atoms with E-state index in [4.69, 9.17) is 9.47 Å². The molecule has 2 aliphatic rings. The van der Waals surface area contributed by atoms with Crippen molar-refractivity contribution in [3.8, 4) is 0 Å². The maximum atomic E-state index is 12.7. The lowest BCUT2D eigenvalue weighted by molar-refractivity contribution is 0.0509. The van der Waals surface area contributed by atoms with Gasteiger partial charge in [-0.1, -0.05) is 30.3 Å². The van der Waals surface area contributed by atoms with Crippen LogP contribution in [0.25, 0.3) is 0 Å². The molecule has 1 aromatic carbocycles. The monoisotopic (exact) mass is 440 g/mol. The molecule has 2 aromatic rings. The SMILES string of the molecule is CCOC(=O)c1nn(Cc2ccccc2)c2c1CN(C1CCN(C(=O)OCC)CC1)CC2. The van der Waals surface area contributed by atoms with Crippen molar-refractivity contribution in [2.45, 2.75) is 52.2 Å². The zero-order valence-electron chi connectivity index (χ0n) is 19.0. The third-order valence-corrected chi connectivity index (χ3v) is 6.31. The van der Waals surface area contributed by atoms with E-state index in [1.807, 2.05) is 36.7 Å². The number of carbonyl (C=O) groups is 2. The minimum atomic E-state index is -0.352. The Morgan fingerprint density at radius 3 is 2.44 bits per heavy atom. The zero-order valence-corrected chi connectivity index (χ0v) is 19.0. The fraction of sp³-hybridized carbons (Fsp3) is 0.542. The maximum absolute atomic E-state index is 12.7. The van der Waals surface area contributed by atoms with Gasteiger partial charge < -0.3 is 14.4 Å². The fourth-order valence-corrected chi connectivity index (χ4v) is 4.70. The molecule has 0 bridgehead atoms. The Morgan fingerprint density at radius 1 is 1.03 bits per heavy atom. The van der Waals surface area contributed by atoms with Crippen LogP contribution in [-0.2, 0) is 29.0 Å². The second kappa shape index (κ2) is 10.2. The average molecular weight is 441 g/mol. The molecule has 1 saturated heterocycles. The highest BCUT2D eigenvalue weighted by molar-refractivity contribution is 5.89. The summed E-state index contributed by atoms with van der Waals surface area (Å²) in [4.78, 5) is 28.9. The van der Waals surface area contributed by atoms with Crippen molar-refractivity contribution in [3.05, 3.63) is 52.8 Å². The molecule has 1 fully saturated rings. The quantitative estimate of drug-likeness (QED) is 0.643. The number of rotatable bonds is 6. The topological polar surface area (TPSA) is 76.9 Å². The van der Waals surface area contributed by atoms with Crippen molar-refractivity contribution in [2.24, 2.45) is 0 Å². The normalized spacial score (nSPS) is 17.1. The summed E-state index contributed by atoms with van der Waals surface area (Å²) < 4.78 is 12.4. The van der Waals surface area contributed by atoms with Crippen LogP contribution >= 0.6 is 0 Å². The zero-order chi connectivity index (χ0) is 22.5. The van der Waals surface area contributed by atoms with E-state index < -0.39 is 0 Å². The van der Waals surface area contributed by atoms with E-state index in [1.165, 1.54) is 0 Å². The van der Waals surface area contributed by atoms with Gasteiger partial charge in [0.2, 0.25) is 0 Å². The number of hydrogen-bond donors (Lipinski definition) is 0. The Labute approximate surface area is 189 Å². The summed E-state index contributed by atoms with van der Waals surface area (Å²) in [6.07, 6.45) is 2.42. The number of fused-ring (bicyclic) bond motifs is 1. The minimum absolute atomic E-state index is 0.223. The van der Waals surface area contributed by atoms with Gasteiger partial charge in [0.25, 0.3) is 0 Å². The second-order valence-electron chi connectivity index (χ2n) is 8.28. The van der Waals surface area contributed by atoms with Gasteiger partial charge in [-0.2, -0.15) is 5.10 Å². The molecule has 172 valence electrons. The van der Waals surface area contributed by atoms with Gasteiger partial charge in [-0.25, -0.2) is 9.59 Å². The largest absolute Gasteiger partial charge is 0.461 e. The van der Waals surface area contributed by atoms with Gasteiger partial charge in [-0.3, -0.25) is 9.58 Å². The van der Waals surface area contributed by atoms with Crippen LogP contribution in [0.15, 0.2) is 30.3 Å². The summed E-state index contributed by atoms with van der Waals surface area (Å²) in [5.74, 6) is -0.352. The highest BCUT2D eigenvalue weighted by Crippen LogP contribution is 2.28. The molecule has 0 spiro atoms. The van der Waals surface area contributed by atoms with Crippen LogP contribution in [0.3, 0.4) is 0 Å². The van der Waals surface area contributed by atoms with Gasteiger partial charge >= 0.3 is 12.1 Å². The van der Waals surface area contributed by atoms with Gasteiger partial charge in [-0.05, 0) is 32.3 Å². The van der Waals surface area contributed by atoms with Gasteiger partial charge in [0.05, 0.1) is 19.8 Å². The third-order valence-electron chi connectivity index (χ3n) is 6.31. The van der Waals surface area contributed by atoms with E-state index in [0.29, 0.717) is 51.1 Å². The van der Waals surface area contributed by atoms with Crippen molar-refractivity contribution in [1.29, 1.82) is 0 Å². The van der Waals surface area contributed by atoms with Crippen LogP contribution in [0.4, 0.5) is 4.79 Å². The number of benzene rings is 1. The van der Waals surface area contributed by atoms with E-state index in [9.17, 15) is 9.59 Å². The highest BCUT2D eigenvalue weighted by atomic mass is 16.6. The molecule has 0 atom stereocenters. The van der Waals surface area contributed by atoms with Crippen molar-refractivity contribution in [1.82, 2.24) is 19.6 Å². The smallest absolute Gasteiger partial charge is 0.409 e. The van der Waals surface area contributed by atoms with E-state index in [2.05, 4.69) is 22.1 Å². The van der Waals surface area contributed by atoms with E-state index in [0.717, 1.165) is 42.6 Å². The molecule has 3 heterocycles. The van der Waals surface area contributed by atoms with E-state index in [1.54, 1.807) is 4.90 Å². The first kappa shape index (κ1) is 22.3. The summed E-state index contributed by atoms with van der Waals surface area (Å²) in [5.41, 5.74) is 3.70. The Morgan fingerprint density at radius 2 is 1.75 bits per heavy atom. The molecular formula is C24H32N4O4. The maximum Gasteiger partial charge on any atom is 0.409 e. The number of ether oxygens (including phenoxy) is 2. The van der Waals surface area contributed by atoms with Crippen LogP contribution in [0, 0.1) is 0 Å². The first-order valence-electron chi connectivity index (χ1n) is 11.6. The predicted octanol–water partition coefficient (Wildman–Crippen LogP) is 3.09. The van der Waals surface area contributed by atoms with Gasteiger partial charge in [0.1, 0.15) is 0 Å². The van der Waals surface area contributed by atoms with Crippen LogP contribution < -0.4 is 0 Å². The molecule has 0 unspecified atom stereocenters. The van der Waals surface area contributed by atoms with Crippen LogP contribution in [0.5, 0.6) is 0 Å². The molecule has 1 aromatic heterocycles. The lowest BCUT2D eigenvalue weighted by Crippen LogP contribution is -2.48. The highest BCUT2D eigenvalue weighted by Gasteiger charge is 2.34. The minimum Gasteiger partial charge on any atom is -0.461 e. The molecule has 0 radical (unpaired) electrons. The molecule has 8 heteroatoms. The molecule has 0 saturated carbocycles. The number of nitrogens with zero attached hydrogens (tertiary/aromatic N) is 4. The summed E-state index contributed by atoms with van der Waals surface area (Å²) in [5, 5.41) is 4.69. The Kier molecular flexibility index (Phi) is 7.09. The molecule has 1 amide bonds. The summed E-state index contributed by atoms with van der Waals surface area (Å²) in [7, 11) is 0. The summed E-state index contributed by atoms with van der Waals surface area (Å²) in [6.45, 7) is 8.01. The lowest BCUT2D eigenvalue weighted by atomic mass is 9.98. The van der Waals surface area contributed by atoms with Gasteiger partial charge in [0, 0.05) is 49.9 Å². The summed E-state index contributed by atoms with van der Waals surface area (Å²) >= 11 is 0. The Hall–Kier alpha value is -2.87. The van der Waals surface area contributed by atoms with Crippen LogP contribution in [0.1, 0.15) is 54.0 Å². The number of piperidine rings is 1. The molecule has 2 aliphatic heterocycles. The first-order chi connectivity index (χ1) is 15.6. The second-order valence-corrected chi connectivity index (χ2v) is 8.28. The van der Waals surface area contributed by atoms with Gasteiger partial charge in [-0.15, -0.1) is 0 Å². The number of hydrogen-bond acceptors (Lipinski definition) is 6. The van der Waals surface area contributed by atoms with Gasteiger partial charge in [0.15, 0.2) is 5.69 Å². The summed E-state index contributed by atoms with van der Waals surface area (Å²) in [6, 6.07) is 10.6. The molecular weight excluding hydrogens is 408 g/mol. The fourth-order valence-electron chi connectivity index (χ4n) is 4.70. The first-order valence-corrected chi connectivity index (χ1v) is 11.6. The molecule has 4 rings (SSSR count). The molecule has 0 aliphatic carbocycles. The van der Waals surface area contributed by atoms with E-state index in [-0.39, 0.29) is 12.1 Å². The lowest BCUT2D eigenvalue weighted by Gasteiger charge is -2.39. The Bertz CT molecular complexity index is 935. The number of esters is 1. The number of amides is 1. The van der Waals surface area contributed by atoms with Crippen molar-refractivity contribution in [2.75, 3.05) is 32.8 Å². The van der Waals surface area contributed by atoms with E-state index >= 15 is 0 Å². The van der Waals surface area contributed by atoms with Crippen LogP contribution in [-0.4, -0.2) is 70.5 Å². The predicted molar refractivity (Wildman–Crippen MR) is 119 cm³/mol.